The van der Waals surface area contributed by atoms with Crippen molar-refractivity contribution in [3.05, 3.63) is 60.5 Å². The lowest BCUT2D eigenvalue weighted by molar-refractivity contribution is 0.414. The van der Waals surface area contributed by atoms with Crippen molar-refractivity contribution in [2.45, 2.75) is 6.54 Å². The van der Waals surface area contributed by atoms with Crippen LogP contribution in [-0.4, -0.2) is 37.5 Å². The Morgan fingerprint density at radius 2 is 1.72 bits per heavy atom. The number of nitrogens with zero attached hydrogens (tertiary/aromatic N) is 6. The van der Waals surface area contributed by atoms with Gasteiger partial charge in [0.25, 0.3) is 0 Å². The van der Waals surface area contributed by atoms with Crippen LogP contribution in [0, 0.1) is 0 Å². The van der Waals surface area contributed by atoms with Crippen molar-refractivity contribution < 1.29 is 9.15 Å². The summed E-state index contributed by atoms with van der Waals surface area (Å²) in [5.74, 6) is 2.16. The molecular weight excluding hydrogens is 320 g/mol. The van der Waals surface area contributed by atoms with Crippen LogP contribution >= 0.6 is 0 Å². The van der Waals surface area contributed by atoms with Crippen molar-refractivity contribution in [3.63, 3.8) is 0 Å². The largest absolute Gasteiger partial charge is 0.497 e. The topological polar surface area (TPSA) is 91.8 Å². The number of tetrazole rings is 1. The molecule has 2 aromatic heterocycles. The molecule has 0 spiro atoms. The second-order valence-electron chi connectivity index (χ2n) is 5.24. The van der Waals surface area contributed by atoms with E-state index in [0.717, 1.165) is 16.9 Å². The Labute approximate surface area is 143 Å². The Morgan fingerprint density at radius 1 is 0.920 bits per heavy atom. The van der Waals surface area contributed by atoms with Gasteiger partial charge in [0, 0.05) is 11.1 Å². The molecule has 0 saturated heterocycles. The number of aromatic nitrogens is 6. The zero-order valence-electron chi connectivity index (χ0n) is 13.4. The fourth-order valence-electron chi connectivity index (χ4n) is 2.30. The summed E-state index contributed by atoms with van der Waals surface area (Å²) < 4.78 is 10.8. The van der Waals surface area contributed by atoms with Gasteiger partial charge in [-0.15, -0.1) is 20.4 Å². The summed E-state index contributed by atoms with van der Waals surface area (Å²) in [5, 5.41) is 20.5. The third-order valence-electron chi connectivity index (χ3n) is 3.57. The predicted molar refractivity (Wildman–Crippen MR) is 88.6 cm³/mol. The third kappa shape index (κ3) is 3.23. The number of hydrogen-bond donors (Lipinski definition) is 0. The number of methoxy groups -OCH3 is 1. The maximum absolute atomic E-state index is 5.67. The molecule has 4 rings (SSSR count). The second-order valence-corrected chi connectivity index (χ2v) is 5.24. The summed E-state index contributed by atoms with van der Waals surface area (Å²) in [7, 11) is 1.62. The first-order valence-corrected chi connectivity index (χ1v) is 7.62. The van der Waals surface area contributed by atoms with Crippen LogP contribution in [-0.2, 0) is 6.54 Å². The summed E-state index contributed by atoms with van der Waals surface area (Å²) in [6.07, 6.45) is 0. The SMILES string of the molecule is COc1ccc(-c2nnc(Cn3nnc(-c4ccccc4)n3)o2)cc1. The van der Waals surface area contributed by atoms with Gasteiger partial charge in [-0.1, -0.05) is 30.3 Å². The Balaban J connectivity index is 1.50. The molecule has 0 aliphatic rings. The zero-order valence-corrected chi connectivity index (χ0v) is 13.4. The van der Waals surface area contributed by atoms with Crippen molar-refractivity contribution in [1.82, 2.24) is 30.4 Å². The minimum Gasteiger partial charge on any atom is -0.497 e. The molecule has 8 nitrogen and oxygen atoms in total. The molecule has 0 atom stereocenters. The van der Waals surface area contributed by atoms with Gasteiger partial charge in [-0.05, 0) is 29.5 Å². The van der Waals surface area contributed by atoms with Crippen LogP contribution < -0.4 is 4.74 Å². The Bertz CT molecular complexity index is 962. The zero-order chi connectivity index (χ0) is 17.1. The monoisotopic (exact) mass is 334 g/mol. The number of hydrogen-bond acceptors (Lipinski definition) is 7. The molecule has 2 aromatic carbocycles. The van der Waals surface area contributed by atoms with E-state index < -0.39 is 0 Å². The molecule has 0 fully saturated rings. The van der Waals surface area contributed by atoms with E-state index in [1.807, 2.05) is 54.6 Å². The highest BCUT2D eigenvalue weighted by Crippen LogP contribution is 2.21. The molecule has 0 amide bonds. The van der Waals surface area contributed by atoms with E-state index in [-0.39, 0.29) is 6.54 Å². The highest BCUT2D eigenvalue weighted by atomic mass is 16.5. The Kier molecular flexibility index (Phi) is 3.91. The molecule has 0 bridgehead atoms. The van der Waals surface area contributed by atoms with E-state index in [4.69, 9.17) is 9.15 Å². The Morgan fingerprint density at radius 3 is 2.48 bits per heavy atom. The van der Waals surface area contributed by atoms with Gasteiger partial charge in [-0.3, -0.25) is 0 Å². The van der Waals surface area contributed by atoms with E-state index in [1.54, 1.807) is 7.11 Å². The lowest BCUT2D eigenvalue weighted by Gasteiger charge is -1.99. The Hall–Kier alpha value is -3.55. The van der Waals surface area contributed by atoms with Gasteiger partial charge < -0.3 is 9.15 Å². The molecule has 0 N–H and O–H groups in total. The molecule has 0 aliphatic heterocycles. The van der Waals surface area contributed by atoms with Crippen LogP contribution in [0.2, 0.25) is 0 Å². The molecule has 25 heavy (non-hydrogen) atoms. The van der Waals surface area contributed by atoms with Gasteiger partial charge in [0.15, 0.2) is 0 Å². The van der Waals surface area contributed by atoms with Crippen molar-refractivity contribution in [2.24, 2.45) is 0 Å². The normalized spacial score (nSPS) is 10.8. The molecule has 0 aliphatic carbocycles. The summed E-state index contributed by atoms with van der Waals surface area (Å²) in [5.41, 5.74) is 1.72. The quantitative estimate of drug-likeness (QED) is 0.553. The highest BCUT2D eigenvalue weighted by molar-refractivity contribution is 5.54. The minimum absolute atomic E-state index is 0.253. The van der Waals surface area contributed by atoms with Crippen molar-refractivity contribution in [3.8, 4) is 28.6 Å². The van der Waals surface area contributed by atoms with Crippen LogP contribution in [0.4, 0.5) is 0 Å². The second kappa shape index (κ2) is 6.52. The smallest absolute Gasteiger partial charge is 0.247 e. The highest BCUT2D eigenvalue weighted by Gasteiger charge is 2.12. The van der Waals surface area contributed by atoms with E-state index in [0.29, 0.717) is 17.6 Å². The molecular formula is C17H14N6O2. The molecule has 0 saturated carbocycles. The molecule has 124 valence electrons. The summed E-state index contributed by atoms with van der Waals surface area (Å²) in [6.45, 7) is 0.253. The van der Waals surface area contributed by atoms with Gasteiger partial charge in [0.05, 0.1) is 7.11 Å². The van der Waals surface area contributed by atoms with E-state index >= 15 is 0 Å². The van der Waals surface area contributed by atoms with Gasteiger partial charge in [-0.2, -0.15) is 4.80 Å². The third-order valence-corrected chi connectivity index (χ3v) is 3.57. The van der Waals surface area contributed by atoms with Crippen LogP contribution in [0.15, 0.2) is 59.0 Å². The van der Waals surface area contributed by atoms with Gasteiger partial charge >= 0.3 is 0 Å². The number of ether oxygens (including phenoxy) is 1. The van der Waals surface area contributed by atoms with Crippen LogP contribution in [0.1, 0.15) is 5.89 Å². The molecule has 8 heteroatoms. The van der Waals surface area contributed by atoms with Gasteiger partial charge in [0.1, 0.15) is 12.3 Å². The fraction of sp³-hybridized carbons (Fsp3) is 0.118. The lowest BCUT2D eigenvalue weighted by atomic mass is 10.2. The fourth-order valence-corrected chi connectivity index (χ4v) is 2.30. The predicted octanol–water partition coefficient (Wildman–Crippen LogP) is 2.45. The summed E-state index contributed by atoms with van der Waals surface area (Å²) >= 11 is 0. The minimum atomic E-state index is 0.253. The lowest BCUT2D eigenvalue weighted by Crippen LogP contribution is -2.04. The van der Waals surface area contributed by atoms with Crippen molar-refractivity contribution in [2.75, 3.05) is 7.11 Å². The maximum Gasteiger partial charge on any atom is 0.247 e. The number of rotatable bonds is 5. The maximum atomic E-state index is 5.67. The molecule has 2 heterocycles. The summed E-state index contributed by atoms with van der Waals surface area (Å²) in [6, 6.07) is 17.0. The van der Waals surface area contributed by atoms with Gasteiger partial charge in [-0.25, -0.2) is 0 Å². The standard InChI is InChI=1S/C17H14N6O2/c1-24-14-9-7-13(8-10-14)17-20-18-15(25-17)11-23-21-16(19-22-23)12-5-3-2-4-6-12/h2-10H,11H2,1H3. The molecule has 0 radical (unpaired) electrons. The average molecular weight is 334 g/mol. The van der Waals surface area contributed by atoms with Crippen molar-refractivity contribution >= 4 is 0 Å². The van der Waals surface area contributed by atoms with Crippen molar-refractivity contribution in [1.29, 1.82) is 0 Å². The molecule has 0 unspecified atom stereocenters. The summed E-state index contributed by atoms with van der Waals surface area (Å²) in [4.78, 5) is 1.42. The average Bonchev–Trinajstić information content (AvgIpc) is 3.33. The first kappa shape index (κ1) is 15.0. The van der Waals surface area contributed by atoms with Crippen LogP contribution in [0.5, 0.6) is 5.75 Å². The molecule has 4 aromatic rings. The van der Waals surface area contributed by atoms with Gasteiger partial charge in [0.2, 0.25) is 17.6 Å². The van der Waals surface area contributed by atoms with E-state index in [2.05, 4.69) is 25.6 Å². The van der Waals surface area contributed by atoms with Crippen LogP contribution in [0.3, 0.4) is 0 Å². The van der Waals surface area contributed by atoms with E-state index in [9.17, 15) is 0 Å². The van der Waals surface area contributed by atoms with E-state index in [1.165, 1.54) is 4.80 Å². The van der Waals surface area contributed by atoms with Crippen LogP contribution in [0.25, 0.3) is 22.8 Å². The number of benzene rings is 2. The first-order chi connectivity index (χ1) is 12.3. The first-order valence-electron chi connectivity index (χ1n) is 7.62.